The molecule has 6 rings (SSSR count). The minimum atomic E-state index is -0.518. The lowest BCUT2D eigenvalue weighted by molar-refractivity contribution is -0.136. The number of hydrogen-bond acceptors (Lipinski definition) is 6. The number of carbonyl (C=O) groups excluding carboxylic acids is 2. The molecule has 0 atom stereocenters. The number of carbonyl (C=O) groups is 2. The van der Waals surface area contributed by atoms with Crippen molar-refractivity contribution in [2.24, 2.45) is 0 Å². The minimum absolute atomic E-state index is 0.188. The van der Waals surface area contributed by atoms with Gasteiger partial charge in [0.15, 0.2) is 0 Å². The molecule has 0 radical (unpaired) electrons. The molecule has 0 bridgehead atoms. The van der Waals surface area contributed by atoms with E-state index in [4.69, 9.17) is 18.9 Å². The second-order valence-electron chi connectivity index (χ2n) is 16.3. The Morgan fingerprint density at radius 2 is 0.963 bits per heavy atom. The fourth-order valence-corrected chi connectivity index (χ4v) is 7.91. The molecular formula is C48H58O6. The summed E-state index contributed by atoms with van der Waals surface area (Å²) in [7, 11) is 0. The molecule has 286 valence electrons. The van der Waals surface area contributed by atoms with E-state index in [2.05, 4.69) is 104 Å². The van der Waals surface area contributed by atoms with E-state index >= 15 is 0 Å². The van der Waals surface area contributed by atoms with Gasteiger partial charge < -0.3 is 18.9 Å². The molecule has 54 heavy (non-hydrogen) atoms. The third kappa shape index (κ3) is 8.69. The summed E-state index contributed by atoms with van der Waals surface area (Å²) in [5, 5.41) is 0. The molecule has 0 saturated heterocycles. The molecule has 2 heterocycles. The van der Waals surface area contributed by atoms with Gasteiger partial charge in [0.2, 0.25) is 0 Å². The van der Waals surface area contributed by atoms with Gasteiger partial charge in [-0.15, -0.1) is 0 Å². The highest BCUT2D eigenvalue weighted by Crippen LogP contribution is 2.52. The molecule has 0 N–H and O–H groups in total. The average Bonchev–Trinajstić information content (AvgIpc) is 3.09. The SMILES string of the molecule is CCCCCc1cc(OC(=O)CCCCC(=O)Oc2cc(CCCCC)cc3c2-c2cc(C)ccc2C(C)(C)O3)c2c(c1)OC(C)(C)c1ccc(C)cc1-2. The maximum Gasteiger partial charge on any atom is 0.311 e. The van der Waals surface area contributed by atoms with E-state index in [1.165, 1.54) is 0 Å². The topological polar surface area (TPSA) is 71.1 Å². The molecule has 0 saturated carbocycles. The van der Waals surface area contributed by atoms with Crippen LogP contribution in [0.3, 0.4) is 0 Å². The number of fused-ring (bicyclic) bond motifs is 6. The van der Waals surface area contributed by atoms with Crippen molar-refractivity contribution in [1.82, 2.24) is 0 Å². The van der Waals surface area contributed by atoms with Gasteiger partial charge in [-0.2, -0.15) is 0 Å². The van der Waals surface area contributed by atoms with E-state index in [-0.39, 0.29) is 24.8 Å². The van der Waals surface area contributed by atoms with Gasteiger partial charge in [0, 0.05) is 24.0 Å². The third-order valence-corrected chi connectivity index (χ3v) is 10.8. The maximum atomic E-state index is 13.4. The lowest BCUT2D eigenvalue weighted by Gasteiger charge is -2.36. The predicted molar refractivity (Wildman–Crippen MR) is 217 cm³/mol. The monoisotopic (exact) mass is 730 g/mol. The summed E-state index contributed by atoms with van der Waals surface area (Å²) in [6.45, 7) is 16.9. The summed E-state index contributed by atoms with van der Waals surface area (Å²) < 4.78 is 25.5. The van der Waals surface area contributed by atoms with Crippen LogP contribution in [0.4, 0.5) is 0 Å². The molecule has 0 fully saturated rings. The molecule has 6 heteroatoms. The first-order chi connectivity index (χ1) is 25.8. The zero-order valence-corrected chi connectivity index (χ0v) is 33.7. The van der Waals surface area contributed by atoms with Gasteiger partial charge in [-0.3, -0.25) is 9.59 Å². The van der Waals surface area contributed by atoms with Crippen LogP contribution in [0.25, 0.3) is 22.3 Å². The Kier molecular flexibility index (Phi) is 11.9. The second kappa shape index (κ2) is 16.4. The Labute approximate surface area is 322 Å². The molecular weight excluding hydrogens is 673 g/mol. The zero-order valence-electron chi connectivity index (χ0n) is 33.7. The minimum Gasteiger partial charge on any atom is -0.482 e. The number of esters is 2. The van der Waals surface area contributed by atoms with E-state index in [1.807, 2.05) is 12.1 Å². The van der Waals surface area contributed by atoms with E-state index < -0.39 is 11.2 Å². The Morgan fingerprint density at radius 3 is 1.35 bits per heavy atom. The lowest BCUT2D eigenvalue weighted by Crippen LogP contribution is -2.29. The van der Waals surface area contributed by atoms with Crippen LogP contribution in [0, 0.1) is 13.8 Å². The van der Waals surface area contributed by atoms with Crippen molar-refractivity contribution in [2.45, 2.75) is 144 Å². The highest BCUT2D eigenvalue weighted by Gasteiger charge is 2.36. The zero-order chi connectivity index (χ0) is 38.6. The summed E-state index contributed by atoms with van der Waals surface area (Å²) in [6.07, 6.45) is 9.79. The highest BCUT2D eigenvalue weighted by molar-refractivity contribution is 5.87. The standard InChI is InChI=1S/C48H58O6/c1-9-11-13-17-33-27-39(45-35-25-31(3)21-23-37(35)47(5,6)53-41(45)29-33)51-43(49)19-15-16-20-44(50)52-40-28-34(18-14-12-10-2)30-42-46(40)36-26-32(4)22-24-38(36)48(7,8)54-42/h21-30H,9-20H2,1-8H3. The fraction of sp³-hybridized carbons (Fsp3) is 0.458. The predicted octanol–water partition coefficient (Wildman–Crippen LogP) is 12.4. The second-order valence-corrected chi connectivity index (χ2v) is 16.3. The average molecular weight is 731 g/mol. The number of rotatable bonds is 15. The molecule has 0 spiro atoms. The van der Waals surface area contributed by atoms with Gasteiger partial charge >= 0.3 is 11.9 Å². The van der Waals surface area contributed by atoms with Gasteiger partial charge in [0.05, 0.1) is 11.1 Å². The quantitative estimate of drug-likeness (QED) is 0.0689. The van der Waals surface area contributed by atoms with Crippen molar-refractivity contribution in [3.05, 3.63) is 94.0 Å². The Morgan fingerprint density at radius 1 is 0.556 bits per heavy atom. The molecule has 0 aliphatic carbocycles. The first-order valence-electron chi connectivity index (χ1n) is 20.2. The molecule has 4 aromatic rings. The van der Waals surface area contributed by atoms with Crippen LogP contribution in [0.2, 0.25) is 0 Å². The van der Waals surface area contributed by atoms with Crippen LogP contribution in [0.5, 0.6) is 23.0 Å². The van der Waals surface area contributed by atoms with Crippen molar-refractivity contribution in [1.29, 1.82) is 0 Å². The van der Waals surface area contributed by atoms with Crippen molar-refractivity contribution in [3.63, 3.8) is 0 Å². The van der Waals surface area contributed by atoms with Crippen LogP contribution in [0.15, 0.2) is 60.7 Å². The van der Waals surface area contributed by atoms with E-state index in [0.29, 0.717) is 24.3 Å². The summed E-state index contributed by atoms with van der Waals surface area (Å²) in [5.74, 6) is 1.93. The number of hydrogen-bond donors (Lipinski definition) is 0. The molecule has 0 amide bonds. The van der Waals surface area contributed by atoms with E-state index in [1.54, 1.807) is 0 Å². The van der Waals surface area contributed by atoms with Crippen LogP contribution < -0.4 is 18.9 Å². The van der Waals surface area contributed by atoms with Gasteiger partial charge in [-0.25, -0.2) is 0 Å². The van der Waals surface area contributed by atoms with Crippen molar-refractivity contribution in [2.75, 3.05) is 0 Å². The van der Waals surface area contributed by atoms with Crippen molar-refractivity contribution >= 4 is 11.9 Å². The summed E-state index contributed by atoms with van der Waals surface area (Å²) in [6, 6.07) is 21.0. The molecule has 2 aliphatic heterocycles. The molecule has 2 aliphatic rings. The van der Waals surface area contributed by atoms with Crippen LogP contribution in [0.1, 0.15) is 139 Å². The van der Waals surface area contributed by atoms with Gasteiger partial charge in [0.1, 0.15) is 34.2 Å². The normalized spacial score (nSPS) is 14.4. The van der Waals surface area contributed by atoms with Crippen molar-refractivity contribution in [3.8, 4) is 45.3 Å². The highest BCUT2D eigenvalue weighted by atomic mass is 16.5. The van der Waals surface area contributed by atoms with Gasteiger partial charge in [-0.05, 0) is 127 Å². The largest absolute Gasteiger partial charge is 0.482 e. The summed E-state index contributed by atoms with van der Waals surface area (Å²) >= 11 is 0. The van der Waals surface area contributed by atoms with Crippen LogP contribution in [-0.2, 0) is 33.6 Å². The van der Waals surface area contributed by atoms with Crippen molar-refractivity contribution < 1.29 is 28.5 Å². The van der Waals surface area contributed by atoms with Crippen LogP contribution in [-0.4, -0.2) is 11.9 Å². The van der Waals surface area contributed by atoms with Gasteiger partial charge in [0.25, 0.3) is 0 Å². The Hall–Kier alpha value is -4.58. The molecule has 6 nitrogen and oxygen atoms in total. The molecule has 0 aromatic heterocycles. The lowest BCUT2D eigenvalue weighted by atomic mass is 9.84. The molecule has 4 aromatic carbocycles. The number of benzene rings is 4. The van der Waals surface area contributed by atoms with Crippen LogP contribution >= 0.6 is 0 Å². The number of ether oxygens (including phenoxy) is 4. The Bertz CT molecular complexity index is 1870. The Balaban J connectivity index is 1.15. The first kappa shape index (κ1) is 39.1. The maximum absolute atomic E-state index is 13.4. The smallest absolute Gasteiger partial charge is 0.311 e. The summed E-state index contributed by atoms with van der Waals surface area (Å²) in [5.41, 5.74) is 9.29. The van der Waals surface area contributed by atoms with E-state index in [0.717, 1.165) is 119 Å². The first-order valence-corrected chi connectivity index (χ1v) is 20.2. The summed E-state index contributed by atoms with van der Waals surface area (Å²) in [4.78, 5) is 26.8. The van der Waals surface area contributed by atoms with E-state index in [9.17, 15) is 9.59 Å². The third-order valence-electron chi connectivity index (χ3n) is 10.8. The van der Waals surface area contributed by atoms with Gasteiger partial charge in [-0.1, -0.05) is 87.1 Å². The molecule has 0 unspecified atom stereocenters. The number of aryl methyl sites for hydroxylation is 4. The number of unbranched alkanes of at least 4 members (excludes halogenated alkanes) is 5. The fourth-order valence-electron chi connectivity index (χ4n) is 7.91.